The van der Waals surface area contributed by atoms with E-state index in [4.69, 9.17) is 9.40 Å². The van der Waals surface area contributed by atoms with E-state index < -0.39 is 0 Å². The number of amides is 1. The molecule has 168 valence electrons. The van der Waals surface area contributed by atoms with E-state index in [1.54, 1.807) is 18.5 Å². The summed E-state index contributed by atoms with van der Waals surface area (Å²) < 4.78 is 6.06. The number of furan rings is 1. The van der Waals surface area contributed by atoms with E-state index in [0.717, 1.165) is 47.1 Å². The molecule has 0 spiro atoms. The number of nitrogens with zero attached hydrogens (tertiary/aromatic N) is 4. The number of carbonyl (C=O) groups excluding carboxylic acids is 1. The molecule has 1 aliphatic rings. The van der Waals surface area contributed by atoms with Crippen LogP contribution in [0.3, 0.4) is 0 Å². The van der Waals surface area contributed by atoms with Gasteiger partial charge in [0.1, 0.15) is 17.0 Å². The lowest BCUT2D eigenvalue weighted by atomic mass is 10.1. The number of benzene rings is 2. The van der Waals surface area contributed by atoms with E-state index in [2.05, 4.69) is 34.1 Å². The molecule has 1 amide bonds. The molecule has 0 bridgehead atoms. The number of carbonyl (C=O) groups is 1. The first-order valence-electron chi connectivity index (χ1n) is 11.5. The number of piperazine rings is 1. The zero-order chi connectivity index (χ0) is 22.9. The first-order valence-corrected chi connectivity index (χ1v) is 11.5. The molecule has 4 heterocycles. The fourth-order valence-corrected chi connectivity index (χ4v) is 4.57. The minimum absolute atomic E-state index is 0.0337. The summed E-state index contributed by atoms with van der Waals surface area (Å²) in [7, 11) is 0. The highest BCUT2D eigenvalue weighted by Gasteiger charge is 2.24. The average molecular weight is 449 g/mol. The molecule has 0 unspecified atom stereocenters. The fraction of sp³-hybridized carbons (Fsp3) is 0.179. The van der Waals surface area contributed by atoms with E-state index in [1.165, 1.54) is 5.56 Å². The molecular weight excluding hydrogens is 424 g/mol. The Morgan fingerprint density at radius 2 is 1.65 bits per heavy atom. The molecule has 1 fully saturated rings. The standard InChI is InChI=1S/C28H24N4O2/c33-28(32-14-12-31(13-15-32)19-20-6-2-1-3-7-20)24-11-10-22-17-29-18-23(27(22)30-24)26-16-21-8-4-5-9-25(21)34-26/h1-11,16-18H,12-15,19H2. The van der Waals surface area contributed by atoms with Gasteiger partial charge >= 0.3 is 0 Å². The normalized spacial score (nSPS) is 14.6. The summed E-state index contributed by atoms with van der Waals surface area (Å²) in [5.41, 5.74) is 4.08. The minimum atomic E-state index is -0.0337. The molecule has 3 aromatic heterocycles. The molecule has 6 heteroatoms. The Morgan fingerprint density at radius 3 is 2.47 bits per heavy atom. The lowest BCUT2D eigenvalue weighted by Crippen LogP contribution is -2.48. The maximum Gasteiger partial charge on any atom is 0.272 e. The van der Waals surface area contributed by atoms with Crippen molar-refractivity contribution < 1.29 is 9.21 Å². The summed E-state index contributed by atoms with van der Waals surface area (Å²) in [6.45, 7) is 3.99. The third kappa shape index (κ3) is 3.93. The van der Waals surface area contributed by atoms with E-state index in [0.29, 0.717) is 24.5 Å². The molecule has 0 aliphatic carbocycles. The predicted molar refractivity (Wildman–Crippen MR) is 132 cm³/mol. The Balaban J connectivity index is 1.24. The van der Waals surface area contributed by atoms with E-state index in [-0.39, 0.29) is 5.91 Å². The van der Waals surface area contributed by atoms with Gasteiger partial charge in [-0.15, -0.1) is 0 Å². The van der Waals surface area contributed by atoms with Crippen molar-refractivity contribution in [2.75, 3.05) is 26.2 Å². The number of aromatic nitrogens is 2. The highest BCUT2D eigenvalue weighted by molar-refractivity contribution is 5.99. The van der Waals surface area contributed by atoms with Crippen molar-refractivity contribution in [1.82, 2.24) is 19.8 Å². The van der Waals surface area contributed by atoms with Crippen LogP contribution in [0, 0.1) is 0 Å². The highest BCUT2D eigenvalue weighted by Crippen LogP contribution is 2.31. The maximum atomic E-state index is 13.3. The second kappa shape index (κ2) is 8.72. The van der Waals surface area contributed by atoms with Crippen LogP contribution in [0.5, 0.6) is 0 Å². The molecule has 6 rings (SSSR count). The van der Waals surface area contributed by atoms with Crippen molar-refractivity contribution >= 4 is 27.8 Å². The van der Waals surface area contributed by atoms with Gasteiger partial charge < -0.3 is 9.32 Å². The quantitative estimate of drug-likeness (QED) is 0.387. The predicted octanol–water partition coefficient (Wildman–Crippen LogP) is 5.00. The molecule has 0 radical (unpaired) electrons. The Morgan fingerprint density at radius 1 is 0.853 bits per heavy atom. The number of para-hydroxylation sites is 1. The second-order valence-corrected chi connectivity index (χ2v) is 8.66. The summed E-state index contributed by atoms with van der Waals surface area (Å²) >= 11 is 0. The van der Waals surface area contributed by atoms with Gasteiger partial charge in [-0.1, -0.05) is 48.5 Å². The first-order chi connectivity index (χ1) is 16.7. The van der Waals surface area contributed by atoms with Gasteiger partial charge in [0.05, 0.1) is 11.1 Å². The van der Waals surface area contributed by atoms with Crippen molar-refractivity contribution in [2.24, 2.45) is 0 Å². The van der Waals surface area contributed by atoms with Crippen molar-refractivity contribution in [1.29, 1.82) is 0 Å². The molecule has 0 N–H and O–H groups in total. The molecule has 1 aliphatic heterocycles. The van der Waals surface area contributed by atoms with E-state index in [9.17, 15) is 4.79 Å². The number of rotatable bonds is 4. The lowest BCUT2D eigenvalue weighted by Gasteiger charge is -2.34. The Bertz CT molecular complexity index is 1440. The van der Waals surface area contributed by atoms with Crippen LogP contribution in [-0.2, 0) is 6.54 Å². The topological polar surface area (TPSA) is 62.5 Å². The second-order valence-electron chi connectivity index (χ2n) is 8.66. The van der Waals surface area contributed by atoms with Crippen LogP contribution in [0.15, 0.2) is 89.6 Å². The maximum absolute atomic E-state index is 13.3. The summed E-state index contributed by atoms with van der Waals surface area (Å²) in [5.74, 6) is 0.666. The van der Waals surface area contributed by atoms with Gasteiger partial charge in [0.25, 0.3) is 5.91 Å². The van der Waals surface area contributed by atoms with Gasteiger partial charge in [-0.2, -0.15) is 0 Å². The smallest absolute Gasteiger partial charge is 0.272 e. The molecule has 0 saturated carbocycles. The largest absolute Gasteiger partial charge is 0.456 e. The van der Waals surface area contributed by atoms with Gasteiger partial charge in [0.15, 0.2) is 0 Å². The summed E-state index contributed by atoms with van der Waals surface area (Å²) in [4.78, 5) is 26.7. The SMILES string of the molecule is O=C(c1ccc2cncc(-c3cc4ccccc4o3)c2n1)N1CCN(Cc2ccccc2)CC1. The van der Waals surface area contributed by atoms with Crippen LogP contribution in [0.1, 0.15) is 16.1 Å². The van der Waals surface area contributed by atoms with Gasteiger partial charge in [-0.05, 0) is 29.8 Å². The van der Waals surface area contributed by atoms with Gasteiger partial charge in [0.2, 0.25) is 0 Å². The average Bonchev–Trinajstić information content (AvgIpc) is 3.33. The fourth-order valence-electron chi connectivity index (χ4n) is 4.57. The number of hydrogen-bond acceptors (Lipinski definition) is 5. The van der Waals surface area contributed by atoms with Crippen molar-refractivity contribution in [3.8, 4) is 11.3 Å². The Labute approximate surface area is 197 Å². The lowest BCUT2D eigenvalue weighted by molar-refractivity contribution is 0.0623. The van der Waals surface area contributed by atoms with Crippen molar-refractivity contribution in [3.63, 3.8) is 0 Å². The van der Waals surface area contributed by atoms with Crippen molar-refractivity contribution in [2.45, 2.75) is 6.54 Å². The third-order valence-electron chi connectivity index (χ3n) is 6.42. The van der Waals surface area contributed by atoms with E-state index >= 15 is 0 Å². The molecule has 2 aromatic carbocycles. The first kappa shape index (κ1) is 20.6. The monoisotopic (exact) mass is 448 g/mol. The highest BCUT2D eigenvalue weighted by atomic mass is 16.3. The molecule has 34 heavy (non-hydrogen) atoms. The van der Waals surface area contributed by atoms with Crippen molar-refractivity contribution in [3.05, 3.63) is 96.4 Å². The Hall–Kier alpha value is -4.03. The summed E-state index contributed by atoms with van der Waals surface area (Å²) in [5, 5.41) is 1.90. The number of pyridine rings is 2. The molecule has 0 atom stereocenters. The van der Waals surface area contributed by atoms with Crippen LogP contribution in [0.4, 0.5) is 0 Å². The minimum Gasteiger partial charge on any atom is -0.456 e. The van der Waals surface area contributed by atoms with Gasteiger partial charge in [-0.25, -0.2) is 4.98 Å². The van der Waals surface area contributed by atoms with Crippen LogP contribution in [0.2, 0.25) is 0 Å². The molecule has 1 saturated heterocycles. The molecule has 6 nitrogen and oxygen atoms in total. The molecule has 5 aromatic rings. The third-order valence-corrected chi connectivity index (χ3v) is 6.42. The van der Waals surface area contributed by atoms with Crippen LogP contribution in [-0.4, -0.2) is 51.9 Å². The van der Waals surface area contributed by atoms with Crippen LogP contribution < -0.4 is 0 Å². The summed E-state index contributed by atoms with van der Waals surface area (Å²) in [6, 6.07) is 24.0. The van der Waals surface area contributed by atoms with Gasteiger partial charge in [-0.3, -0.25) is 14.7 Å². The number of fused-ring (bicyclic) bond motifs is 2. The molecular formula is C28H24N4O2. The zero-order valence-corrected chi connectivity index (χ0v) is 18.7. The number of hydrogen-bond donors (Lipinski definition) is 0. The van der Waals surface area contributed by atoms with E-state index in [1.807, 2.05) is 47.4 Å². The zero-order valence-electron chi connectivity index (χ0n) is 18.7. The Kier molecular flexibility index (Phi) is 5.28. The van der Waals surface area contributed by atoms with Crippen LogP contribution in [0.25, 0.3) is 33.2 Å². The van der Waals surface area contributed by atoms with Crippen LogP contribution >= 0.6 is 0 Å². The van der Waals surface area contributed by atoms with Gasteiger partial charge in [0, 0.05) is 55.9 Å². The summed E-state index contributed by atoms with van der Waals surface area (Å²) in [6.07, 6.45) is 3.52.